The summed E-state index contributed by atoms with van der Waals surface area (Å²) in [6, 6.07) is 3.60. The van der Waals surface area contributed by atoms with E-state index in [0.29, 0.717) is 11.4 Å². The lowest BCUT2D eigenvalue weighted by Crippen LogP contribution is -2.21. The summed E-state index contributed by atoms with van der Waals surface area (Å²) in [6.45, 7) is 6.00. The molecular formula is C13H17NO3S3. The molecule has 2 N–H and O–H groups in total. The third kappa shape index (κ3) is 3.29. The minimum absolute atomic E-state index is 0.130. The Kier molecular flexibility index (Phi) is 4.66. The van der Waals surface area contributed by atoms with Crippen molar-refractivity contribution >= 4 is 32.7 Å². The molecule has 0 bridgehead atoms. The average Bonchev–Trinajstić information content (AvgIpc) is 2.91. The van der Waals surface area contributed by atoms with E-state index in [4.69, 9.17) is 5.11 Å². The van der Waals surface area contributed by atoms with Gasteiger partial charge in [0.1, 0.15) is 4.21 Å². The predicted molar refractivity (Wildman–Crippen MR) is 82.8 cm³/mol. The maximum Gasteiger partial charge on any atom is 0.250 e. The van der Waals surface area contributed by atoms with Gasteiger partial charge in [-0.1, -0.05) is 0 Å². The monoisotopic (exact) mass is 331 g/mol. The Morgan fingerprint density at radius 2 is 1.85 bits per heavy atom. The van der Waals surface area contributed by atoms with E-state index in [1.807, 2.05) is 19.9 Å². The molecule has 0 aromatic carbocycles. The van der Waals surface area contributed by atoms with Crippen LogP contribution in [0.3, 0.4) is 0 Å². The Balaban J connectivity index is 2.14. The third-order valence-electron chi connectivity index (χ3n) is 3.06. The average molecular weight is 331 g/mol. The topological polar surface area (TPSA) is 66.4 Å². The fourth-order valence-corrected chi connectivity index (χ4v) is 5.34. The number of aryl methyl sites for hydroxylation is 3. The van der Waals surface area contributed by atoms with Gasteiger partial charge in [-0.3, -0.25) is 0 Å². The van der Waals surface area contributed by atoms with Crippen LogP contribution in [0, 0.1) is 20.8 Å². The van der Waals surface area contributed by atoms with E-state index in [1.165, 1.54) is 10.4 Å². The van der Waals surface area contributed by atoms with Gasteiger partial charge in [-0.05, 0) is 44.0 Å². The van der Waals surface area contributed by atoms with Crippen molar-refractivity contribution in [3.8, 4) is 0 Å². The van der Waals surface area contributed by atoms with Crippen LogP contribution in [0.25, 0.3) is 0 Å². The van der Waals surface area contributed by atoms with Gasteiger partial charge in [0.2, 0.25) is 10.0 Å². The van der Waals surface area contributed by atoms with Crippen LogP contribution in [0.5, 0.6) is 0 Å². The normalized spacial score (nSPS) is 12.0. The second kappa shape index (κ2) is 5.95. The molecule has 0 fully saturated rings. The van der Waals surface area contributed by atoms with Crippen molar-refractivity contribution in [3.63, 3.8) is 0 Å². The lowest BCUT2D eigenvalue weighted by Gasteiger charge is -2.02. The number of thiophene rings is 2. The Labute approximate surface area is 127 Å². The summed E-state index contributed by atoms with van der Waals surface area (Å²) >= 11 is 2.71. The van der Waals surface area contributed by atoms with Crippen molar-refractivity contribution in [2.45, 2.75) is 38.1 Å². The first-order valence-corrected chi connectivity index (χ1v) is 9.21. The molecule has 2 heterocycles. The molecule has 2 aromatic rings. The van der Waals surface area contributed by atoms with Crippen molar-refractivity contribution in [2.75, 3.05) is 0 Å². The van der Waals surface area contributed by atoms with E-state index >= 15 is 0 Å². The maximum atomic E-state index is 12.2. The molecule has 0 saturated heterocycles. The highest BCUT2D eigenvalue weighted by Crippen LogP contribution is 2.26. The van der Waals surface area contributed by atoms with Gasteiger partial charge in [-0.25, -0.2) is 13.1 Å². The molecule has 0 aliphatic carbocycles. The zero-order valence-corrected chi connectivity index (χ0v) is 14.0. The highest BCUT2D eigenvalue weighted by atomic mass is 32.2. The van der Waals surface area contributed by atoms with Crippen molar-refractivity contribution in [2.24, 2.45) is 0 Å². The van der Waals surface area contributed by atoms with Crippen LogP contribution in [0.2, 0.25) is 0 Å². The first-order chi connectivity index (χ1) is 9.33. The van der Waals surface area contributed by atoms with Crippen molar-refractivity contribution in [1.29, 1.82) is 0 Å². The number of aliphatic hydroxyl groups excluding tert-OH is 1. The molecule has 2 aromatic heterocycles. The molecule has 7 heteroatoms. The molecule has 110 valence electrons. The molecule has 0 spiro atoms. The zero-order valence-electron chi connectivity index (χ0n) is 11.6. The second-order valence-electron chi connectivity index (χ2n) is 4.61. The lowest BCUT2D eigenvalue weighted by atomic mass is 10.3. The van der Waals surface area contributed by atoms with Crippen molar-refractivity contribution < 1.29 is 13.5 Å². The van der Waals surface area contributed by atoms with Crippen LogP contribution < -0.4 is 4.72 Å². The molecular weight excluding hydrogens is 314 g/mol. The van der Waals surface area contributed by atoms with Crippen LogP contribution >= 0.6 is 22.7 Å². The van der Waals surface area contributed by atoms with Gasteiger partial charge in [0, 0.05) is 21.2 Å². The molecule has 0 atom stereocenters. The molecule has 2 rings (SSSR count). The summed E-state index contributed by atoms with van der Waals surface area (Å²) in [5, 5.41) is 9.14. The maximum absolute atomic E-state index is 12.2. The van der Waals surface area contributed by atoms with Gasteiger partial charge in [0.05, 0.1) is 6.61 Å². The zero-order chi connectivity index (χ0) is 14.9. The number of hydrogen-bond acceptors (Lipinski definition) is 5. The van der Waals surface area contributed by atoms with Crippen molar-refractivity contribution in [3.05, 3.63) is 37.9 Å². The van der Waals surface area contributed by atoms with Crippen LogP contribution in [-0.4, -0.2) is 13.5 Å². The highest BCUT2D eigenvalue weighted by Gasteiger charge is 2.18. The number of hydrogen-bond donors (Lipinski definition) is 2. The van der Waals surface area contributed by atoms with E-state index in [1.54, 1.807) is 24.3 Å². The lowest BCUT2D eigenvalue weighted by molar-refractivity contribution is 0.285. The smallest absolute Gasteiger partial charge is 0.250 e. The Morgan fingerprint density at radius 3 is 2.35 bits per heavy atom. The fraction of sp³-hybridized carbons (Fsp3) is 0.385. The number of rotatable bonds is 5. The number of nitrogens with one attached hydrogen (secondary N) is 1. The quantitative estimate of drug-likeness (QED) is 0.885. The van der Waals surface area contributed by atoms with Gasteiger partial charge in [0.15, 0.2) is 0 Å². The third-order valence-corrected chi connectivity index (χ3v) is 7.31. The minimum Gasteiger partial charge on any atom is -0.391 e. The number of sulfonamides is 1. The summed E-state index contributed by atoms with van der Waals surface area (Å²) in [5.74, 6) is 0. The fourth-order valence-electron chi connectivity index (χ4n) is 1.75. The van der Waals surface area contributed by atoms with E-state index in [9.17, 15) is 8.42 Å². The second-order valence-corrected chi connectivity index (χ2v) is 9.08. The number of aliphatic hydroxyl groups is 1. The van der Waals surface area contributed by atoms with Crippen molar-refractivity contribution in [1.82, 2.24) is 4.72 Å². The Hall–Kier alpha value is -0.730. The summed E-state index contributed by atoms with van der Waals surface area (Å²) in [5.41, 5.74) is 1.99. The molecule has 0 unspecified atom stereocenters. The van der Waals surface area contributed by atoms with Gasteiger partial charge in [0.25, 0.3) is 0 Å². The Morgan fingerprint density at radius 1 is 1.15 bits per heavy atom. The summed E-state index contributed by atoms with van der Waals surface area (Å²) in [7, 11) is -3.51. The summed E-state index contributed by atoms with van der Waals surface area (Å²) in [4.78, 5) is 2.89. The summed E-state index contributed by atoms with van der Waals surface area (Å²) in [6.07, 6.45) is 0. The predicted octanol–water partition coefficient (Wildman–Crippen LogP) is 2.71. The summed E-state index contributed by atoms with van der Waals surface area (Å²) < 4.78 is 27.3. The molecule has 4 nitrogen and oxygen atoms in total. The first-order valence-electron chi connectivity index (χ1n) is 6.09. The van der Waals surface area contributed by atoms with Gasteiger partial charge in [-0.2, -0.15) is 0 Å². The molecule has 0 radical (unpaired) electrons. The first kappa shape index (κ1) is 15.7. The van der Waals surface area contributed by atoms with Crippen LogP contribution in [0.4, 0.5) is 0 Å². The van der Waals surface area contributed by atoms with Crippen LogP contribution in [0.1, 0.15) is 25.8 Å². The molecule has 0 aliphatic heterocycles. The van der Waals surface area contributed by atoms with Gasteiger partial charge >= 0.3 is 0 Å². The molecule has 0 aliphatic rings. The largest absolute Gasteiger partial charge is 0.391 e. The van der Waals surface area contributed by atoms with E-state index < -0.39 is 10.0 Å². The Bertz CT molecular complexity index is 694. The minimum atomic E-state index is -3.51. The molecule has 20 heavy (non-hydrogen) atoms. The molecule has 0 amide bonds. The van der Waals surface area contributed by atoms with Crippen LogP contribution in [-0.2, 0) is 23.2 Å². The standard InChI is InChI=1S/C13H17NO3S3/c1-8-4-11(18-10(8)3)6-14-20(16,17)13-5-9(2)12(7-15)19-13/h4-5,14-15H,6-7H2,1-3H3. The van der Waals surface area contributed by atoms with E-state index in [0.717, 1.165) is 21.8 Å². The van der Waals surface area contributed by atoms with E-state index in [-0.39, 0.29) is 10.8 Å². The SMILES string of the molecule is Cc1cc(CNS(=O)(=O)c2cc(C)c(CO)s2)sc1C. The molecule has 0 saturated carbocycles. The van der Waals surface area contributed by atoms with Gasteiger partial charge < -0.3 is 5.11 Å². The van der Waals surface area contributed by atoms with Gasteiger partial charge in [-0.15, -0.1) is 22.7 Å². The van der Waals surface area contributed by atoms with E-state index in [2.05, 4.69) is 4.72 Å². The van der Waals surface area contributed by atoms with Crippen LogP contribution in [0.15, 0.2) is 16.3 Å². The highest BCUT2D eigenvalue weighted by molar-refractivity contribution is 7.91.